The van der Waals surface area contributed by atoms with Crippen LogP contribution in [0.1, 0.15) is 47.6 Å². The van der Waals surface area contributed by atoms with E-state index in [0.29, 0.717) is 24.5 Å². The zero-order valence-electron chi connectivity index (χ0n) is 15.5. The molecule has 2 amide bonds. The summed E-state index contributed by atoms with van der Waals surface area (Å²) in [6, 6.07) is 9.31. The molecule has 0 radical (unpaired) electrons. The van der Waals surface area contributed by atoms with Crippen molar-refractivity contribution in [1.82, 2.24) is 14.9 Å². The minimum Gasteiger partial charge on any atom is -0.341 e. The molecule has 1 aliphatic rings. The van der Waals surface area contributed by atoms with Gasteiger partial charge >= 0.3 is 0 Å². The Morgan fingerprint density at radius 3 is 2.52 bits per heavy atom. The van der Waals surface area contributed by atoms with Crippen molar-refractivity contribution in [2.24, 2.45) is 0 Å². The minimum absolute atomic E-state index is 0.0453. The second kappa shape index (κ2) is 8.48. The SMILES string of the molecule is Cc1ncc(C(=O)Nc2ccccc2)c(C2CCN(C(=O)C(C)Cl)CC2)n1. The highest BCUT2D eigenvalue weighted by atomic mass is 35.5. The fourth-order valence-electron chi connectivity index (χ4n) is 3.32. The van der Waals surface area contributed by atoms with Crippen LogP contribution in [0.4, 0.5) is 5.69 Å². The van der Waals surface area contributed by atoms with E-state index in [2.05, 4.69) is 15.3 Å². The molecule has 1 aromatic heterocycles. The van der Waals surface area contributed by atoms with E-state index < -0.39 is 5.38 Å². The summed E-state index contributed by atoms with van der Waals surface area (Å²) in [6.07, 6.45) is 3.09. The van der Waals surface area contributed by atoms with Gasteiger partial charge in [0, 0.05) is 30.9 Å². The number of carbonyl (C=O) groups is 2. The van der Waals surface area contributed by atoms with Crippen LogP contribution in [-0.4, -0.2) is 45.1 Å². The van der Waals surface area contributed by atoms with Gasteiger partial charge < -0.3 is 10.2 Å². The zero-order valence-corrected chi connectivity index (χ0v) is 16.2. The number of carbonyl (C=O) groups excluding carboxylic acids is 2. The van der Waals surface area contributed by atoms with Crippen LogP contribution in [0.15, 0.2) is 36.5 Å². The molecule has 1 aromatic carbocycles. The summed E-state index contributed by atoms with van der Waals surface area (Å²) in [5.41, 5.74) is 1.97. The van der Waals surface area contributed by atoms with Gasteiger partial charge in [0.2, 0.25) is 5.91 Å². The minimum atomic E-state index is -0.518. The Kier molecular flexibility index (Phi) is 6.06. The maximum Gasteiger partial charge on any atom is 0.259 e. The standard InChI is InChI=1S/C20H23ClN4O2/c1-13(21)20(27)25-10-8-15(9-11-25)18-17(12-22-14(2)23-18)19(26)24-16-6-4-3-5-7-16/h3-7,12-13,15H,8-11H2,1-2H3,(H,24,26). The second-order valence-electron chi connectivity index (χ2n) is 6.75. The van der Waals surface area contributed by atoms with E-state index in [1.54, 1.807) is 18.0 Å². The fraction of sp³-hybridized carbons (Fsp3) is 0.400. The molecule has 2 aromatic rings. The third kappa shape index (κ3) is 4.63. The molecule has 1 saturated heterocycles. The largest absolute Gasteiger partial charge is 0.341 e. The molecule has 142 valence electrons. The van der Waals surface area contributed by atoms with Gasteiger partial charge in [-0.1, -0.05) is 18.2 Å². The molecule has 1 atom stereocenters. The van der Waals surface area contributed by atoms with Crippen LogP contribution in [0.2, 0.25) is 0 Å². The first kappa shape index (κ1) is 19.3. The zero-order chi connectivity index (χ0) is 19.4. The number of hydrogen-bond acceptors (Lipinski definition) is 4. The lowest BCUT2D eigenvalue weighted by atomic mass is 9.90. The molecule has 3 rings (SSSR count). The lowest BCUT2D eigenvalue weighted by Crippen LogP contribution is -2.41. The van der Waals surface area contributed by atoms with E-state index in [9.17, 15) is 9.59 Å². The quantitative estimate of drug-likeness (QED) is 0.817. The number of halogens is 1. The summed E-state index contributed by atoms with van der Waals surface area (Å²) in [4.78, 5) is 35.4. The molecular formula is C20H23ClN4O2. The Morgan fingerprint density at radius 1 is 1.22 bits per heavy atom. The number of amides is 2. The molecule has 6 nitrogen and oxygen atoms in total. The van der Waals surface area contributed by atoms with Gasteiger partial charge in [0.25, 0.3) is 5.91 Å². The Balaban J connectivity index is 1.77. The molecule has 1 unspecified atom stereocenters. The van der Waals surface area contributed by atoms with Crippen LogP contribution in [-0.2, 0) is 4.79 Å². The van der Waals surface area contributed by atoms with Gasteiger partial charge in [-0.2, -0.15) is 0 Å². The van der Waals surface area contributed by atoms with Crippen LogP contribution in [0.3, 0.4) is 0 Å². The second-order valence-corrected chi connectivity index (χ2v) is 7.41. The maximum atomic E-state index is 12.8. The van der Waals surface area contributed by atoms with E-state index in [4.69, 9.17) is 11.6 Å². The smallest absolute Gasteiger partial charge is 0.259 e. The Hall–Kier alpha value is -2.47. The van der Waals surface area contributed by atoms with Crippen LogP contribution in [0.25, 0.3) is 0 Å². The summed E-state index contributed by atoms with van der Waals surface area (Å²) >= 11 is 5.91. The van der Waals surface area contributed by atoms with Crippen molar-refractivity contribution in [3.63, 3.8) is 0 Å². The first-order valence-corrected chi connectivity index (χ1v) is 9.52. The number of nitrogens with zero attached hydrogens (tertiary/aromatic N) is 3. The number of piperidine rings is 1. The van der Waals surface area contributed by atoms with Gasteiger partial charge in [-0.3, -0.25) is 9.59 Å². The van der Waals surface area contributed by atoms with Gasteiger partial charge in [-0.15, -0.1) is 11.6 Å². The van der Waals surface area contributed by atoms with Crippen LogP contribution in [0, 0.1) is 6.92 Å². The predicted octanol–water partition coefficient (Wildman–Crippen LogP) is 3.37. The fourth-order valence-corrected chi connectivity index (χ4v) is 3.46. The van der Waals surface area contributed by atoms with Gasteiger partial charge in [0.1, 0.15) is 11.2 Å². The molecule has 0 bridgehead atoms. The maximum absolute atomic E-state index is 12.8. The van der Waals surface area contributed by atoms with Crippen LogP contribution < -0.4 is 5.32 Å². The molecule has 0 spiro atoms. The van der Waals surface area contributed by atoms with Crippen molar-refractivity contribution in [3.8, 4) is 0 Å². The number of para-hydroxylation sites is 1. The molecule has 27 heavy (non-hydrogen) atoms. The molecular weight excluding hydrogens is 364 g/mol. The van der Waals surface area contributed by atoms with E-state index >= 15 is 0 Å². The summed E-state index contributed by atoms with van der Waals surface area (Å²) in [5.74, 6) is 0.479. The predicted molar refractivity (Wildman–Crippen MR) is 105 cm³/mol. The van der Waals surface area contributed by atoms with Gasteiger partial charge in [-0.05, 0) is 38.8 Å². The van der Waals surface area contributed by atoms with Crippen molar-refractivity contribution in [1.29, 1.82) is 0 Å². The third-order valence-corrected chi connectivity index (χ3v) is 4.94. The molecule has 0 aliphatic carbocycles. The highest BCUT2D eigenvalue weighted by Crippen LogP contribution is 2.30. The lowest BCUT2D eigenvalue weighted by molar-refractivity contribution is -0.131. The molecule has 1 aliphatic heterocycles. The Labute approximate surface area is 164 Å². The number of alkyl halides is 1. The number of rotatable bonds is 4. The summed E-state index contributed by atoms with van der Waals surface area (Å²) in [6.45, 7) is 4.73. The van der Waals surface area contributed by atoms with Gasteiger partial charge in [0.05, 0.1) is 11.3 Å². The van der Waals surface area contributed by atoms with Crippen LogP contribution >= 0.6 is 11.6 Å². The number of benzene rings is 1. The summed E-state index contributed by atoms with van der Waals surface area (Å²) < 4.78 is 0. The lowest BCUT2D eigenvalue weighted by Gasteiger charge is -2.33. The van der Waals surface area contributed by atoms with E-state index in [-0.39, 0.29) is 17.7 Å². The van der Waals surface area contributed by atoms with Crippen molar-refractivity contribution < 1.29 is 9.59 Å². The summed E-state index contributed by atoms with van der Waals surface area (Å²) in [5, 5.41) is 2.38. The number of aryl methyl sites for hydroxylation is 1. The number of anilines is 1. The van der Waals surface area contributed by atoms with Crippen LogP contribution in [0.5, 0.6) is 0 Å². The van der Waals surface area contributed by atoms with Crippen molar-refractivity contribution in [2.75, 3.05) is 18.4 Å². The molecule has 0 saturated carbocycles. The first-order chi connectivity index (χ1) is 13.0. The normalized spacial score (nSPS) is 16.0. The Bertz CT molecular complexity index is 818. The van der Waals surface area contributed by atoms with Gasteiger partial charge in [0.15, 0.2) is 0 Å². The first-order valence-electron chi connectivity index (χ1n) is 9.08. The van der Waals surface area contributed by atoms with E-state index in [0.717, 1.165) is 24.2 Å². The Morgan fingerprint density at radius 2 is 1.89 bits per heavy atom. The van der Waals surface area contributed by atoms with Crippen molar-refractivity contribution in [2.45, 2.75) is 38.0 Å². The third-order valence-electron chi connectivity index (χ3n) is 4.75. The molecule has 7 heteroatoms. The van der Waals surface area contributed by atoms with Crippen molar-refractivity contribution >= 4 is 29.1 Å². The molecule has 2 heterocycles. The van der Waals surface area contributed by atoms with Crippen molar-refractivity contribution in [3.05, 3.63) is 53.6 Å². The number of nitrogens with one attached hydrogen (secondary N) is 1. The number of aromatic nitrogens is 2. The van der Waals surface area contributed by atoms with E-state index in [1.165, 1.54) is 0 Å². The average Bonchev–Trinajstić information content (AvgIpc) is 2.68. The molecule has 1 fully saturated rings. The topological polar surface area (TPSA) is 75.2 Å². The average molecular weight is 387 g/mol. The highest BCUT2D eigenvalue weighted by Gasteiger charge is 2.29. The summed E-state index contributed by atoms with van der Waals surface area (Å²) in [7, 11) is 0. The number of likely N-dealkylation sites (tertiary alicyclic amines) is 1. The van der Waals surface area contributed by atoms with Gasteiger partial charge in [-0.25, -0.2) is 9.97 Å². The van der Waals surface area contributed by atoms with E-state index in [1.807, 2.05) is 37.3 Å². The molecule has 1 N–H and O–H groups in total. The number of hydrogen-bond donors (Lipinski definition) is 1. The monoisotopic (exact) mass is 386 g/mol. The highest BCUT2D eigenvalue weighted by molar-refractivity contribution is 6.30.